The van der Waals surface area contributed by atoms with Crippen molar-refractivity contribution >= 4 is 29.5 Å². The van der Waals surface area contributed by atoms with Gasteiger partial charge in [-0.05, 0) is 45.7 Å². The van der Waals surface area contributed by atoms with E-state index in [4.69, 9.17) is 4.74 Å². The van der Waals surface area contributed by atoms with Gasteiger partial charge < -0.3 is 19.6 Å². The number of carbonyl (C=O) groups excluding carboxylic acids is 1. The monoisotopic (exact) mass is 526 g/mol. The molecule has 1 saturated carbocycles. The molecule has 204 valence electrons. The average molecular weight is 527 g/mol. The van der Waals surface area contributed by atoms with E-state index in [0.717, 1.165) is 32.1 Å². The number of nitro groups is 1. The molecule has 0 unspecified atom stereocenters. The molecule has 2 fully saturated rings. The normalized spacial score (nSPS) is 16.7. The van der Waals surface area contributed by atoms with Crippen LogP contribution in [-0.2, 0) is 4.74 Å². The molecule has 1 aliphatic carbocycles. The lowest BCUT2D eigenvalue weighted by Crippen LogP contribution is -2.48. The molecule has 0 spiro atoms. The molecule has 3 heterocycles. The summed E-state index contributed by atoms with van der Waals surface area (Å²) in [5.41, 5.74) is 0.142. The minimum absolute atomic E-state index is 0.0551. The number of ether oxygens (including phenoxy) is 1. The van der Waals surface area contributed by atoms with Gasteiger partial charge in [-0.3, -0.25) is 15.0 Å². The largest absolute Gasteiger partial charge is 0.465 e. The van der Waals surface area contributed by atoms with Crippen molar-refractivity contribution in [3.05, 3.63) is 40.6 Å². The van der Waals surface area contributed by atoms with Crippen molar-refractivity contribution < 1.29 is 24.4 Å². The zero-order valence-electron chi connectivity index (χ0n) is 22.0. The van der Waals surface area contributed by atoms with Crippen LogP contribution in [0.25, 0.3) is 11.3 Å². The average Bonchev–Trinajstić information content (AvgIpc) is 2.88. The van der Waals surface area contributed by atoms with E-state index in [1.54, 1.807) is 23.2 Å². The van der Waals surface area contributed by atoms with Crippen molar-refractivity contribution in [3.63, 3.8) is 0 Å². The Morgan fingerprint density at radius 2 is 1.79 bits per heavy atom. The van der Waals surface area contributed by atoms with E-state index in [1.807, 2.05) is 25.7 Å². The molecule has 0 bridgehead atoms. The first kappa shape index (κ1) is 27.1. The molecule has 2 amide bonds. The number of piperazine rings is 1. The molecule has 0 atom stereocenters. The van der Waals surface area contributed by atoms with Crippen LogP contribution in [0.3, 0.4) is 0 Å². The molecular formula is C26H34N6O6. The van der Waals surface area contributed by atoms with E-state index >= 15 is 0 Å². The smallest absolute Gasteiger partial charge is 0.416 e. The van der Waals surface area contributed by atoms with Crippen LogP contribution in [0.15, 0.2) is 30.5 Å². The molecule has 1 N–H and O–H groups in total. The number of hydrogen-bond acceptors (Lipinski definition) is 8. The third-order valence-corrected chi connectivity index (χ3v) is 6.70. The summed E-state index contributed by atoms with van der Waals surface area (Å²) in [6, 6.07) is 6.17. The first-order valence-corrected chi connectivity index (χ1v) is 12.9. The van der Waals surface area contributed by atoms with Crippen LogP contribution in [0, 0.1) is 10.1 Å². The predicted molar refractivity (Wildman–Crippen MR) is 142 cm³/mol. The van der Waals surface area contributed by atoms with Gasteiger partial charge in [0.1, 0.15) is 17.2 Å². The van der Waals surface area contributed by atoms with E-state index < -0.39 is 22.7 Å². The summed E-state index contributed by atoms with van der Waals surface area (Å²) in [4.78, 5) is 49.8. The summed E-state index contributed by atoms with van der Waals surface area (Å²) in [6.07, 6.45) is 4.92. The lowest BCUT2D eigenvalue weighted by molar-refractivity contribution is -0.384. The lowest BCUT2D eigenvalue weighted by Gasteiger charge is -2.35. The van der Waals surface area contributed by atoms with E-state index in [-0.39, 0.29) is 24.8 Å². The van der Waals surface area contributed by atoms with Crippen LogP contribution in [0.2, 0.25) is 0 Å². The van der Waals surface area contributed by atoms with E-state index in [2.05, 4.69) is 9.97 Å². The molecule has 1 aliphatic heterocycles. The SMILES string of the molecule is CC(C)(C)OC(=O)N(c1cc(-c2cc([N+](=O)[O-])cc(N3CCN(C(=O)O)CC3)n2)ccn1)C1CCCCC1. The Balaban J connectivity index is 1.69. The molecule has 38 heavy (non-hydrogen) atoms. The maximum atomic E-state index is 13.3. The second-order valence-electron chi connectivity index (χ2n) is 10.6. The topological polar surface area (TPSA) is 142 Å². The van der Waals surface area contributed by atoms with E-state index in [9.17, 15) is 24.8 Å². The highest BCUT2D eigenvalue weighted by Gasteiger charge is 2.32. The van der Waals surface area contributed by atoms with Crippen molar-refractivity contribution in [2.75, 3.05) is 36.0 Å². The third kappa shape index (κ3) is 6.48. The first-order valence-electron chi connectivity index (χ1n) is 12.9. The molecule has 2 aliphatic rings. The molecule has 2 aromatic heterocycles. The molecule has 1 saturated heterocycles. The number of pyridine rings is 2. The second-order valence-corrected chi connectivity index (χ2v) is 10.6. The molecule has 4 rings (SSSR count). The summed E-state index contributed by atoms with van der Waals surface area (Å²) in [5, 5.41) is 21.0. The Kier molecular flexibility index (Phi) is 7.98. The minimum atomic E-state index is -0.992. The molecular weight excluding hydrogens is 492 g/mol. The Morgan fingerprint density at radius 3 is 2.39 bits per heavy atom. The number of aromatic nitrogens is 2. The fraction of sp³-hybridized carbons (Fsp3) is 0.538. The fourth-order valence-electron chi connectivity index (χ4n) is 4.83. The Labute approximate surface area is 221 Å². The molecule has 12 heteroatoms. The minimum Gasteiger partial charge on any atom is -0.465 e. The molecule has 12 nitrogen and oxygen atoms in total. The van der Waals surface area contributed by atoms with E-state index in [1.165, 1.54) is 17.0 Å². The highest BCUT2D eigenvalue weighted by molar-refractivity contribution is 5.88. The van der Waals surface area contributed by atoms with Crippen molar-refractivity contribution in [2.45, 2.75) is 64.5 Å². The lowest BCUT2D eigenvalue weighted by atomic mass is 9.94. The van der Waals surface area contributed by atoms with Gasteiger partial charge in [-0.25, -0.2) is 19.6 Å². The maximum absolute atomic E-state index is 13.3. The van der Waals surface area contributed by atoms with Crippen LogP contribution < -0.4 is 9.80 Å². The van der Waals surface area contributed by atoms with Gasteiger partial charge in [0.2, 0.25) is 0 Å². The first-order chi connectivity index (χ1) is 18.0. The fourth-order valence-corrected chi connectivity index (χ4v) is 4.83. The van der Waals surface area contributed by atoms with Crippen LogP contribution >= 0.6 is 0 Å². The van der Waals surface area contributed by atoms with Crippen LogP contribution in [-0.4, -0.2) is 74.9 Å². The zero-order chi connectivity index (χ0) is 27.4. The Hall–Kier alpha value is -3.96. The van der Waals surface area contributed by atoms with Crippen molar-refractivity contribution in [2.24, 2.45) is 0 Å². The molecule has 0 radical (unpaired) electrons. The maximum Gasteiger partial charge on any atom is 0.416 e. The highest BCUT2D eigenvalue weighted by Crippen LogP contribution is 2.32. The van der Waals surface area contributed by atoms with E-state index in [0.29, 0.717) is 36.0 Å². The van der Waals surface area contributed by atoms with Gasteiger partial charge >= 0.3 is 12.2 Å². The predicted octanol–water partition coefficient (Wildman–Crippen LogP) is 4.93. The summed E-state index contributed by atoms with van der Waals surface area (Å²) in [7, 11) is 0. The number of rotatable bonds is 5. The quantitative estimate of drug-likeness (QED) is 0.424. The van der Waals surface area contributed by atoms with Crippen molar-refractivity contribution in [3.8, 4) is 11.3 Å². The van der Waals surface area contributed by atoms with Crippen LogP contribution in [0.5, 0.6) is 0 Å². The number of hydrogen-bond donors (Lipinski definition) is 1. The number of carbonyl (C=O) groups is 2. The summed E-state index contributed by atoms with van der Waals surface area (Å²) in [6.45, 7) is 6.75. The van der Waals surface area contributed by atoms with Gasteiger partial charge in [0, 0.05) is 50.0 Å². The zero-order valence-corrected chi connectivity index (χ0v) is 22.0. The van der Waals surface area contributed by atoms with Gasteiger partial charge in [0.05, 0.1) is 16.7 Å². The van der Waals surface area contributed by atoms with Crippen LogP contribution in [0.4, 0.5) is 26.9 Å². The summed E-state index contributed by atoms with van der Waals surface area (Å²) >= 11 is 0. The number of anilines is 2. The highest BCUT2D eigenvalue weighted by atomic mass is 16.6. The van der Waals surface area contributed by atoms with Gasteiger partial charge in [-0.15, -0.1) is 0 Å². The van der Waals surface area contributed by atoms with Gasteiger partial charge in [0.15, 0.2) is 0 Å². The molecule has 0 aromatic carbocycles. The van der Waals surface area contributed by atoms with Gasteiger partial charge in [-0.1, -0.05) is 19.3 Å². The van der Waals surface area contributed by atoms with Gasteiger partial charge in [0.25, 0.3) is 5.69 Å². The van der Waals surface area contributed by atoms with Gasteiger partial charge in [-0.2, -0.15) is 0 Å². The third-order valence-electron chi connectivity index (χ3n) is 6.70. The second kappa shape index (κ2) is 11.2. The number of carboxylic acid groups (broad SMARTS) is 1. The van der Waals surface area contributed by atoms with Crippen molar-refractivity contribution in [1.29, 1.82) is 0 Å². The van der Waals surface area contributed by atoms with Crippen LogP contribution in [0.1, 0.15) is 52.9 Å². The Morgan fingerprint density at radius 1 is 1.11 bits per heavy atom. The molecule has 2 aromatic rings. The number of nitrogens with zero attached hydrogens (tertiary/aromatic N) is 6. The standard InChI is InChI=1S/C26H34N6O6/c1-26(2,3)38-25(35)31(19-7-5-4-6-8-19)22-15-18(9-10-27-22)21-16-20(32(36)37)17-23(28-21)29-11-13-30(14-12-29)24(33)34/h9-10,15-17,19H,4-8,11-14H2,1-3H3,(H,33,34). The van der Waals surface area contributed by atoms with Crippen molar-refractivity contribution in [1.82, 2.24) is 14.9 Å². The summed E-state index contributed by atoms with van der Waals surface area (Å²) < 4.78 is 5.72. The Bertz CT molecular complexity index is 1180. The summed E-state index contributed by atoms with van der Waals surface area (Å²) in [5.74, 6) is 0.808. The number of amides is 2.